The Morgan fingerprint density at radius 2 is 1.81 bits per heavy atom. The third kappa shape index (κ3) is 6.45. The highest BCUT2D eigenvalue weighted by Crippen LogP contribution is 2.12. The monoisotopic (exact) mass is 251 g/mol. The lowest BCUT2D eigenvalue weighted by atomic mass is 10.2. The van der Waals surface area contributed by atoms with E-state index in [1.807, 2.05) is 13.8 Å². The van der Waals surface area contributed by atoms with E-state index in [9.17, 15) is 8.42 Å². The maximum Gasteiger partial charge on any atom is 0.153 e. The molecule has 98 valence electrons. The minimum atomic E-state index is -2.92. The zero-order chi connectivity index (χ0) is 12.6. The van der Waals surface area contributed by atoms with Crippen LogP contribution in [0.2, 0.25) is 0 Å². The van der Waals surface area contributed by atoms with E-state index in [0.29, 0.717) is 13.0 Å². The van der Waals surface area contributed by atoms with Gasteiger partial charge in [-0.15, -0.1) is 0 Å². The van der Waals surface area contributed by atoms with Crippen molar-refractivity contribution in [3.05, 3.63) is 0 Å². The van der Waals surface area contributed by atoms with Crippen LogP contribution in [0.1, 0.15) is 27.2 Å². The summed E-state index contributed by atoms with van der Waals surface area (Å²) >= 11 is 0. The Morgan fingerprint density at radius 3 is 2.31 bits per heavy atom. The molecule has 0 spiro atoms. The topological polar surface area (TPSA) is 55.4 Å². The van der Waals surface area contributed by atoms with Gasteiger partial charge in [-0.25, -0.2) is 8.42 Å². The average molecular weight is 251 g/mol. The largest absolute Gasteiger partial charge is 0.383 e. The molecule has 0 radical (unpaired) electrons. The number of nitrogens with one attached hydrogen (secondary N) is 1. The van der Waals surface area contributed by atoms with E-state index < -0.39 is 9.84 Å². The zero-order valence-corrected chi connectivity index (χ0v) is 11.6. The molecular weight excluding hydrogens is 226 g/mol. The lowest BCUT2D eigenvalue weighted by Crippen LogP contribution is -2.28. The molecule has 0 rings (SSSR count). The molecule has 0 aliphatic carbocycles. The smallest absolute Gasteiger partial charge is 0.153 e. The van der Waals surface area contributed by atoms with Gasteiger partial charge in [0.2, 0.25) is 0 Å². The van der Waals surface area contributed by atoms with Crippen LogP contribution >= 0.6 is 0 Å². The quantitative estimate of drug-likeness (QED) is 0.623. The SMILES string of the molecule is COCCNCCCS(=O)(=O)C(C)C(C)C. The Kier molecular flexibility index (Phi) is 7.97. The minimum Gasteiger partial charge on any atom is -0.383 e. The van der Waals surface area contributed by atoms with Gasteiger partial charge in [-0.2, -0.15) is 0 Å². The van der Waals surface area contributed by atoms with Crippen LogP contribution in [0.4, 0.5) is 0 Å². The molecule has 0 aromatic rings. The molecule has 1 atom stereocenters. The van der Waals surface area contributed by atoms with E-state index in [1.165, 1.54) is 0 Å². The van der Waals surface area contributed by atoms with Crippen LogP contribution < -0.4 is 5.32 Å². The Hall–Kier alpha value is -0.130. The molecule has 16 heavy (non-hydrogen) atoms. The molecule has 1 unspecified atom stereocenters. The van der Waals surface area contributed by atoms with Gasteiger partial charge in [0.1, 0.15) is 0 Å². The van der Waals surface area contributed by atoms with E-state index in [4.69, 9.17) is 4.74 Å². The number of methoxy groups -OCH3 is 1. The first-order valence-electron chi connectivity index (χ1n) is 5.83. The first kappa shape index (κ1) is 15.9. The van der Waals surface area contributed by atoms with Gasteiger partial charge in [0.25, 0.3) is 0 Å². The Balaban J connectivity index is 3.75. The van der Waals surface area contributed by atoms with Crippen molar-refractivity contribution in [2.75, 3.05) is 32.6 Å². The number of ether oxygens (including phenoxy) is 1. The van der Waals surface area contributed by atoms with E-state index in [-0.39, 0.29) is 16.9 Å². The van der Waals surface area contributed by atoms with Gasteiger partial charge in [-0.1, -0.05) is 13.8 Å². The second-order valence-corrected chi connectivity index (χ2v) is 6.89. The molecule has 0 saturated carbocycles. The average Bonchev–Trinajstić information content (AvgIpc) is 2.22. The Bertz CT molecular complexity index is 262. The van der Waals surface area contributed by atoms with E-state index in [1.54, 1.807) is 14.0 Å². The lowest BCUT2D eigenvalue weighted by Gasteiger charge is -2.16. The molecule has 5 heteroatoms. The van der Waals surface area contributed by atoms with Gasteiger partial charge in [0.15, 0.2) is 9.84 Å². The minimum absolute atomic E-state index is 0.187. The predicted molar refractivity (Wildman–Crippen MR) is 67.4 cm³/mol. The van der Waals surface area contributed by atoms with Crippen LogP contribution in [0.3, 0.4) is 0 Å². The van der Waals surface area contributed by atoms with Crippen LogP contribution in [0.15, 0.2) is 0 Å². The van der Waals surface area contributed by atoms with Crippen LogP contribution in [-0.2, 0) is 14.6 Å². The Morgan fingerprint density at radius 1 is 1.19 bits per heavy atom. The second kappa shape index (κ2) is 8.03. The number of hydrogen-bond donors (Lipinski definition) is 1. The van der Waals surface area contributed by atoms with Gasteiger partial charge >= 0.3 is 0 Å². The van der Waals surface area contributed by atoms with Gasteiger partial charge in [0, 0.05) is 13.7 Å². The van der Waals surface area contributed by atoms with Crippen molar-refractivity contribution in [2.24, 2.45) is 5.92 Å². The molecule has 0 aromatic heterocycles. The maximum absolute atomic E-state index is 11.8. The first-order valence-corrected chi connectivity index (χ1v) is 7.54. The molecule has 0 aliphatic heterocycles. The van der Waals surface area contributed by atoms with Gasteiger partial charge in [0.05, 0.1) is 17.6 Å². The van der Waals surface area contributed by atoms with E-state index in [0.717, 1.165) is 13.1 Å². The van der Waals surface area contributed by atoms with Crippen LogP contribution in [0.25, 0.3) is 0 Å². The summed E-state index contributed by atoms with van der Waals surface area (Å²) in [6, 6.07) is 0. The number of sulfone groups is 1. The van der Waals surface area contributed by atoms with Crippen molar-refractivity contribution >= 4 is 9.84 Å². The molecule has 0 fully saturated rings. The normalized spacial score (nSPS) is 14.3. The molecule has 1 N–H and O–H groups in total. The van der Waals surface area contributed by atoms with Crippen molar-refractivity contribution < 1.29 is 13.2 Å². The van der Waals surface area contributed by atoms with Crippen LogP contribution in [0, 0.1) is 5.92 Å². The zero-order valence-electron chi connectivity index (χ0n) is 10.8. The maximum atomic E-state index is 11.8. The highest BCUT2D eigenvalue weighted by molar-refractivity contribution is 7.92. The summed E-state index contributed by atoms with van der Waals surface area (Å²) in [6.07, 6.45) is 0.670. The standard InChI is InChI=1S/C11H25NO3S/c1-10(2)11(3)16(13,14)9-5-6-12-7-8-15-4/h10-12H,5-9H2,1-4H3. The highest BCUT2D eigenvalue weighted by atomic mass is 32.2. The van der Waals surface area contributed by atoms with Crippen molar-refractivity contribution in [1.29, 1.82) is 0 Å². The fraction of sp³-hybridized carbons (Fsp3) is 1.00. The van der Waals surface area contributed by atoms with Gasteiger partial charge in [-0.05, 0) is 25.8 Å². The van der Waals surface area contributed by atoms with Crippen molar-refractivity contribution in [2.45, 2.75) is 32.4 Å². The van der Waals surface area contributed by atoms with Crippen LogP contribution in [-0.4, -0.2) is 46.2 Å². The first-order chi connectivity index (χ1) is 7.41. The fourth-order valence-corrected chi connectivity index (χ4v) is 3.05. The molecule has 0 aromatic carbocycles. The third-order valence-electron chi connectivity index (χ3n) is 2.77. The van der Waals surface area contributed by atoms with Gasteiger partial charge < -0.3 is 10.1 Å². The number of rotatable bonds is 9. The Labute approximate surface area is 99.7 Å². The summed E-state index contributed by atoms with van der Waals surface area (Å²) in [5.74, 6) is 0.457. The van der Waals surface area contributed by atoms with Gasteiger partial charge in [-0.3, -0.25) is 0 Å². The fourth-order valence-electron chi connectivity index (χ4n) is 1.30. The summed E-state index contributed by atoms with van der Waals surface area (Å²) in [6.45, 7) is 7.84. The molecule has 0 amide bonds. The molecule has 0 bridgehead atoms. The van der Waals surface area contributed by atoms with Crippen molar-refractivity contribution in [3.63, 3.8) is 0 Å². The highest BCUT2D eigenvalue weighted by Gasteiger charge is 2.22. The lowest BCUT2D eigenvalue weighted by molar-refractivity contribution is 0.199. The summed E-state index contributed by atoms with van der Waals surface area (Å²) in [5.41, 5.74) is 0. The molecule has 0 aliphatic rings. The van der Waals surface area contributed by atoms with E-state index >= 15 is 0 Å². The molecule has 0 heterocycles. The molecule has 0 saturated heterocycles. The van der Waals surface area contributed by atoms with Crippen molar-refractivity contribution in [3.8, 4) is 0 Å². The van der Waals surface area contributed by atoms with Crippen LogP contribution in [0.5, 0.6) is 0 Å². The third-order valence-corrected chi connectivity index (χ3v) is 5.31. The summed E-state index contributed by atoms with van der Waals surface area (Å²) in [7, 11) is -1.27. The molecular formula is C11H25NO3S. The summed E-state index contributed by atoms with van der Waals surface area (Å²) < 4.78 is 28.5. The second-order valence-electron chi connectivity index (χ2n) is 4.41. The van der Waals surface area contributed by atoms with Crippen molar-refractivity contribution in [1.82, 2.24) is 5.32 Å². The summed E-state index contributed by atoms with van der Waals surface area (Å²) in [4.78, 5) is 0. The molecule has 4 nitrogen and oxygen atoms in total. The predicted octanol–water partition coefficient (Wildman–Crippen LogP) is 1.07. The summed E-state index contributed by atoms with van der Waals surface area (Å²) in [5, 5.41) is 2.89. The van der Waals surface area contributed by atoms with E-state index in [2.05, 4.69) is 5.32 Å². The number of hydrogen-bond acceptors (Lipinski definition) is 4.